The predicted molar refractivity (Wildman–Crippen MR) is 140 cm³/mol. The van der Waals surface area contributed by atoms with Crippen LogP contribution in [0.2, 0.25) is 5.02 Å². The molecule has 3 aromatic rings. The summed E-state index contributed by atoms with van der Waals surface area (Å²) in [5, 5.41) is 5.73. The van der Waals surface area contributed by atoms with Crippen molar-refractivity contribution in [2.45, 2.75) is 50.8 Å². The number of halogens is 1. The van der Waals surface area contributed by atoms with E-state index in [1.807, 2.05) is 23.6 Å². The van der Waals surface area contributed by atoms with Gasteiger partial charge in [-0.15, -0.1) is 11.3 Å². The highest BCUT2D eigenvalue weighted by molar-refractivity contribution is 7.17. The third kappa shape index (κ3) is 4.78. The van der Waals surface area contributed by atoms with Gasteiger partial charge in [0.05, 0.1) is 16.1 Å². The summed E-state index contributed by atoms with van der Waals surface area (Å²) >= 11 is 7.45. The number of benzene rings is 1. The van der Waals surface area contributed by atoms with E-state index in [2.05, 4.69) is 10.3 Å². The van der Waals surface area contributed by atoms with Crippen molar-refractivity contribution in [2.75, 3.05) is 6.54 Å². The van der Waals surface area contributed by atoms with E-state index in [0.717, 1.165) is 41.5 Å². The van der Waals surface area contributed by atoms with Crippen LogP contribution < -0.4 is 15.8 Å². The van der Waals surface area contributed by atoms with Crippen LogP contribution in [0, 0.1) is 11.3 Å². The number of nitrogens with one attached hydrogen (secondary N) is 1. The van der Waals surface area contributed by atoms with E-state index in [1.54, 1.807) is 23.1 Å². The zero-order valence-corrected chi connectivity index (χ0v) is 21.7. The number of pyridine rings is 1. The van der Waals surface area contributed by atoms with E-state index in [-0.39, 0.29) is 41.7 Å². The summed E-state index contributed by atoms with van der Waals surface area (Å²) in [6.45, 7) is 0.921. The Kier molecular flexibility index (Phi) is 6.07. The number of nitrogens with zero attached hydrogens (tertiary/aromatic N) is 2. The Morgan fingerprint density at radius 1 is 1.19 bits per heavy atom. The molecule has 3 aliphatic rings. The topological polar surface area (TPSA) is 115 Å². The molecule has 1 aromatic carbocycles. The second kappa shape index (κ2) is 9.29. The highest BCUT2D eigenvalue weighted by Crippen LogP contribution is 2.57. The number of primary amides is 1. The molecule has 1 aliphatic heterocycles. The van der Waals surface area contributed by atoms with Gasteiger partial charge < -0.3 is 20.7 Å². The highest BCUT2D eigenvalue weighted by atomic mass is 35.5. The Bertz CT molecular complexity index is 1380. The van der Waals surface area contributed by atoms with Crippen molar-refractivity contribution in [2.24, 2.45) is 17.1 Å². The molecular formula is C27H27ClN4O4S. The van der Waals surface area contributed by atoms with Gasteiger partial charge in [-0.1, -0.05) is 23.7 Å². The summed E-state index contributed by atoms with van der Waals surface area (Å²) in [5.74, 6) is -0.604. The van der Waals surface area contributed by atoms with E-state index in [4.69, 9.17) is 22.1 Å². The number of hydrogen-bond donors (Lipinski definition) is 2. The minimum absolute atomic E-state index is 0.00346. The smallest absolute Gasteiger partial charge is 0.254 e. The molecule has 3 amide bonds. The number of carbonyl (C=O) groups is 3. The zero-order chi connectivity index (χ0) is 25.7. The van der Waals surface area contributed by atoms with Gasteiger partial charge in [0.15, 0.2) is 0 Å². The Balaban J connectivity index is 0.978. The van der Waals surface area contributed by atoms with Crippen molar-refractivity contribution < 1.29 is 19.1 Å². The summed E-state index contributed by atoms with van der Waals surface area (Å²) in [6, 6.07) is 11.2. The molecule has 2 aliphatic carbocycles. The molecule has 10 heteroatoms. The molecule has 1 spiro atoms. The number of amides is 3. The van der Waals surface area contributed by atoms with Gasteiger partial charge in [-0.25, -0.2) is 4.98 Å². The normalized spacial score (nSPS) is 26.7. The van der Waals surface area contributed by atoms with E-state index in [9.17, 15) is 14.4 Å². The number of rotatable bonds is 7. The first-order valence-corrected chi connectivity index (χ1v) is 13.7. The van der Waals surface area contributed by atoms with Crippen LogP contribution in [0.4, 0.5) is 0 Å². The van der Waals surface area contributed by atoms with Crippen LogP contribution in [0.3, 0.4) is 0 Å². The minimum Gasteiger partial charge on any atom is -0.474 e. The van der Waals surface area contributed by atoms with Crippen molar-refractivity contribution in [3.8, 4) is 5.88 Å². The third-order valence-corrected chi connectivity index (χ3v) is 8.95. The average molecular weight is 539 g/mol. The molecule has 6 rings (SSSR count). The van der Waals surface area contributed by atoms with Gasteiger partial charge in [0.1, 0.15) is 11.7 Å². The van der Waals surface area contributed by atoms with Crippen LogP contribution in [-0.4, -0.2) is 46.3 Å². The van der Waals surface area contributed by atoms with Gasteiger partial charge in [0.2, 0.25) is 17.7 Å². The van der Waals surface area contributed by atoms with Crippen LogP contribution in [-0.2, 0) is 16.1 Å². The fraction of sp³-hybridized carbons (Fsp3) is 0.407. The molecule has 0 bridgehead atoms. The lowest BCUT2D eigenvalue weighted by Crippen LogP contribution is -2.59. The molecule has 192 valence electrons. The molecule has 8 nitrogen and oxygen atoms in total. The summed E-state index contributed by atoms with van der Waals surface area (Å²) in [6.07, 6.45) is 3.74. The number of aromatic nitrogens is 1. The Labute approximate surface area is 223 Å². The van der Waals surface area contributed by atoms with Gasteiger partial charge in [-0.3, -0.25) is 14.4 Å². The summed E-state index contributed by atoms with van der Waals surface area (Å²) in [4.78, 5) is 43.5. The van der Waals surface area contributed by atoms with Crippen LogP contribution in [0.5, 0.6) is 5.88 Å². The fourth-order valence-electron chi connectivity index (χ4n) is 5.94. The quantitative estimate of drug-likeness (QED) is 0.473. The van der Waals surface area contributed by atoms with Gasteiger partial charge in [0, 0.05) is 30.6 Å². The maximum atomic E-state index is 12.9. The Morgan fingerprint density at radius 3 is 2.68 bits per heavy atom. The molecule has 37 heavy (non-hydrogen) atoms. The molecule has 3 fully saturated rings. The number of ether oxygens (including phenoxy) is 1. The van der Waals surface area contributed by atoms with E-state index in [1.165, 1.54) is 11.3 Å². The lowest BCUT2D eigenvalue weighted by atomic mass is 9.53. The average Bonchev–Trinajstić information content (AvgIpc) is 3.43. The SMILES string of the molecule is NC(=O)c1cc2sccc2nc1OC1CC2(CC(NC(=O)C3CC(=O)N(Cc4ccc(Cl)cc4)C3)C2)C1. The maximum Gasteiger partial charge on any atom is 0.254 e. The number of likely N-dealkylation sites (tertiary alicyclic amines) is 1. The van der Waals surface area contributed by atoms with Crippen molar-refractivity contribution in [1.29, 1.82) is 0 Å². The number of hydrogen-bond acceptors (Lipinski definition) is 6. The van der Waals surface area contributed by atoms with Gasteiger partial charge in [-0.05, 0) is 66.3 Å². The summed E-state index contributed by atoms with van der Waals surface area (Å²) in [5.41, 5.74) is 7.82. The van der Waals surface area contributed by atoms with E-state index in [0.29, 0.717) is 29.6 Å². The second-order valence-corrected chi connectivity index (χ2v) is 12.0. The molecule has 3 heterocycles. The summed E-state index contributed by atoms with van der Waals surface area (Å²) < 4.78 is 6.99. The maximum absolute atomic E-state index is 12.9. The molecule has 1 unspecified atom stereocenters. The van der Waals surface area contributed by atoms with Crippen LogP contribution in [0.1, 0.15) is 48.0 Å². The number of nitrogens with two attached hydrogens (primary N) is 1. The van der Waals surface area contributed by atoms with E-state index >= 15 is 0 Å². The summed E-state index contributed by atoms with van der Waals surface area (Å²) in [7, 11) is 0. The highest BCUT2D eigenvalue weighted by Gasteiger charge is 2.54. The third-order valence-electron chi connectivity index (χ3n) is 7.84. The lowest BCUT2D eigenvalue weighted by Gasteiger charge is -2.57. The van der Waals surface area contributed by atoms with Crippen molar-refractivity contribution in [3.63, 3.8) is 0 Å². The molecule has 1 saturated heterocycles. The molecular weight excluding hydrogens is 512 g/mol. The molecule has 3 N–H and O–H groups in total. The molecule has 2 saturated carbocycles. The predicted octanol–water partition coefficient (Wildman–Crippen LogP) is 3.90. The number of carbonyl (C=O) groups excluding carboxylic acids is 3. The largest absolute Gasteiger partial charge is 0.474 e. The Hall–Kier alpha value is -3.17. The van der Waals surface area contributed by atoms with Crippen LogP contribution in [0.15, 0.2) is 41.8 Å². The first kappa shape index (κ1) is 24.2. The zero-order valence-electron chi connectivity index (χ0n) is 20.1. The molecule has 0 radical (unpaired) electrons. The molecule has 2 aromatic heterocycles. The van der Waals surface area contributed by atoms with Crippen molar-refractivity contribution in [1.82, 2.24) is 15.2 Å². The lowest BCUT2D eigenvalue weighted by molar-refractivity contribution is -0.132. The number of thiophene rings is 1. The van der Waals surface area contributed by atoms with E-state index < -0.39 is 5.91 Å². The van der Waals surface area contributed by atoms with Crippen molar-refractivity contribution in [3.05, 3.63) is 57.9 Å². The fourth-order valence-corrected chi connectivity index (χ4v) is 6.83. The number of fused-ring (bicyclic) bond motifs is 1. The van der Waals surface area contributed by atoms with Gasteiger partial charge in [0.25, 0.3) is 5.91 Å². The van der Waals surface area contributed by atoms with Gasteiger partial charge in [-0.2, -0.15) is 0 Å². The second-order valence-electron chi connectivity index (χ2n) is 10.6. The van der Waals surface area contributed by atoms with Crippen molar-refractivity contribution >= 4 is 50.9 Å². The first-order valence-electron chi connectivity index (χ1n) is 12.4. The standard InChI is InChI=1S/C27H27ClN4O4S/c28-17-3-1-15(2-4-17)13-32-14-16(7-23(32)33)25(35)30-18-9-27(10-18)11-19(12-27)36-26-20(24(29)34)8-22-21(31-26)5-6-37-22/h1-6,8,16,18-19H,7,9-14H2,(H2,29,34)(H,30,35). The van der Waals surface area contributed by atoms with Crippen LogP contribution >= 0.6 is 22.9 Å². The monoisotopic (exact) mass is 538 g/mol. The minimum atomic E-state index is -0.546. The first-order chi connectivity index (χ1) is 17.8. The Morgan fingerprint density at radius 2 is 1.95 bits per heavy atom. The van der Waals surface area contributed by atoms with Gasteiger partial charge >= 0.3 is 0 Å². The molecule has 1 atom stereocenters. The van der Waals surface area contributed by atoms with Crippen LogP contribution in [0.25, 0.3) is 10.2 Å².